The van der Waals surface area contributed by atoms with Gasteiger partial charge in [0, 0.05) is 0 Å². The van der Waals surface area contributed by atoms with Crippen LogP contribution in [-0.4, -0.2) is 44.2 Å². The summed E-state index contributed by atoms with van der Waals surface area (Å²) in [5.41, 5.74) is 8.50. The molecule has 0 saturated heterocycles. The van der Waals surface area contributed by atoms with Crippen molar-refractivity contribution in [1.29, 1.82) is 0 Å². The van der Waals surface area contributed by atoms with Gasteiger partial charge in [-0.05, 0) is 0 Å². The van der Waals surface area contributed by atoms with Gasteiger partial charge in [0.25, 0.3) is 0 Å². The first kappa shape index (κ1) is 13.3. The minimum Gasteiger partial charge on any atom is -0.544 e. The Bertz CT molecular complexity index is 158. The molecule has 0 rings (SSSR count). The SMILES string of the molecule is C[N+](C)(C)CC(=O)[O-].NC(N)=O. The van der Waals surface area contributed by atoms with Crippen molar-refractivity contribution in [2.24, 2.45) is 11.5 Å². The molecule has 0 aromatic carbocycles. The Kier molecular flexibility index (Phi) is 5.94. The van der Waals surface area contributed by atoms with E-state index >= 15 is 0 Å². The molecule has 6 heteroatoms. The number of nitrogens with zero attached hydrogens (tertiary/aromatic N) is 1. The molecule has 0 aromatic heterocycles. The molecular weight excluding hydrogens is 162 g/mol. The van der Waals surface area contributed by atoms with E-state index in [1.165, 1.54) is 0 Å². The Hall–Kier alpha value is -1.30. The third kappa shape index (κ3) is 37.7. The molecule has 12 heavy (non-hydrogen) atoms. The fraction of sp³-hybridized carbons (Fsp3) is 0.667. The molecule has 0 bridgehead atoms. The van der Waals surface area contributed by atoms with Gasteiger partial charge in [0.05, 0.1) is 27.1 Å². The number of hydrogen-bond donors (Lipinski definition) is 2. The van der Waals surface area contributed by atoms with E-state index in [1.54, 1.807) is 21.1 Å². The molecule has 0 unspecified atom stereocenters. The summed E-state index contributed by atoms with van der Waals surface area (Å²) in [7, 11) is 5.40. The number of nitrogens with two attached hydrogens (primary N) is 2. The average Bonchev–Trinajstić information content (AvgIpc) is 1.52. The number of aliphatic carboxylic acids is 1. The zero-order chi connectivity index (χ0) is 10.4. The summed E-state index contributed by atoms with van der Waals surface area (Å²) in [6, 6.07) is -0.833. The molecule has 0 aromatic rings. The maximum absolute atomic E-state index is 9.89. The third-order valence-electron chi connectivity index (χ3n) is 0.603. The topological polar surface area (TPSA) is 109 Å². The van der Waals surface area contributed by atoms with Crippen LogP contribution >= 0.6 is 0 Å². The van der Waals surface area contributed by atoms with Crippen LogP contribution in [0.1, 0.15) is 0 Å². The summed E-state index contributed by atoms with van der Waals surface area (Å²) in [4.78, 5) is 18.9. The lowest BCUT2D eigenvalue weighted by Crippen LogP contribution is -2.45. The molecule has 0 radical (unpaired) electrons. The van der Waals surface area contributed by atoms with Gasteiger partial charge in [-0.15, -0.1) is 0 Å². The first-order chi connectivity index (χ1) is 5.15. The van der Waals surface area contributed by atoms with Crippen LogP contribution in [0.5, 0.6) is 0 Å². The second-order valence-corrected chi connectivity index (χ2v) is 3.22. The predicted octanol–water partition coefficient (Wildman–Crippen LogP) is -2.53. The van der Waals surface area contributed by atoms with E-state index in [0.717, 1.165) is 0 Å². The van der Waals surface area contributed by atoms with Crippen LogP contribution in [-0.2, 0) is 4.79 Å². The van der Waals surface area contributed by atoms with Crippen LogP contribution in [0.15, 0.2) is 0 Å². The number of carbonyl (C=O) groups excluding carboxylic acids is 2. The Morgan fingerprint density at radius 2 is 1.50 bits per heavy atom. The number of likely N-dealkylation sites (N-methyl/N-ethyl adjacent to an activating group) is 1. The first-order valence-corrected chi connectivity index (χ1v) is 3.20. The van der Waals surface area contributed by atoms with Crippen LogP contribution < -0.4 is 16.6 Å². The molecule has 0 heterocycles. The minimum atomic E-state index is -1.00. The second-order valence-electron chi connectivity index (χ2n) is 3.22. The summed E-state index contributed by atoms with van der Waals surface area (Å²) in [6.45, 7) is 0.0694. The van der Waals surface area contributed by atoms with Crippen LogP contribution in [0.2, 0.25) is 0 Å². The van der Waals surface area contributed by atoms with E-state index in [4.69, 9.17) is 4.79 Å². The van der Waals surface area contributed by atoms with Gasteiger partial charge < -0.3 is 25.9 Å². The standard InChI is InChI=1S/C5H11NO2.CH4N2O/c1-6(2,3)4-5(7)8;2-1(3)4/h4H2,1-3H3;(H4,2,3,4). The number of quaternary nitrogens is 1. The molecular formula is C6H15N3O3. The molecule has 0 fully saturated rings. The van der Waals surface area contributed by atoms with Gasteiger partial charge in [0.1, 0.15) is 6.54 Å². The van der Waals surface area contributed by atoms with Crippen molar-refractivity contribution in [3.8, 4) is 0 Å². The van der Waals surface area contributed by atoms with Gasteiger partial charge in [-0.2, -0.15) is 0 Å². The molecule has 0 spiro atoms. The molecule has 72 valence electrons. The summed E-state index contributed by atoms with van der Waals surface area (Å²) < 4.78 is 0.419. The van der Waals surface area contributed by atoms with Gasteiger partial charge in [-0.25, -0.2) is 4.79 Å². The van der Waals surface area contributed by atoms with E-state index in [2.05, 4.69) is 11.5 Å². The van der Waals surface area contributed by atoms with E-state index in [-0.39, 0.29) is 6.54 Å². The van der Waals surface area contributed by atoms with Crippen LogP contribution in [0.4, 0.5) is 4.79 Å². The van der Waals surface area contributed by atoms with Gasteiger partial charge in [-0.1, -0.05) is 0 Å². The number of carboxylic acid groups (broad SMARTS) is 1. The van der Waals surface area contributed by atoms with Gasteiger partial charge in [0.2, 0.25) is 0 Å². The van der Waals surface area contributed by atoms with E-state index in [1.807, 2.05) is 0 Å². The Morgan fingerprint density at radius 1 is 1.25 bits per heavy atom. The van der Waals surface area contributed by atoms with E-state index in [9.17, 15) is 9.90 Å². The maximum Gasteiger partial charge on any atom is 0.309 e. The Morgan fingerprint density at radius 3 is 1.50 bits per heavy atom. The Labute approximate surface area is 71.3 Å². The predicted molar refractivity (Wildman–Crippen MR) is 41.7 cm³/mol. The van der Waals surface area contributed by atoms with Crippen molar-refractivity contribution in [3.63, 3.8) is 0 Å². The van der Waals surface area contributed by atoms with Crippen molar-refractivity contribution >= 4 is 12.0 Å². The zero-order valence-corrected chi connectivity index (χ0v) is 7.53. The highest BCUT2D eigenvalue weighted by atomic mass is 16.4. The molecule has 6 nitrogen and oxygen atoms in total. The summed E-state index contributed by atoms with van der Waals surface area (Å²) >= 11 is 0. The molecule has 0 aliphatic heterocycles. The van der Waals surface area contributed by atoms with Crippen molar-refractivity contribution < 1.29 is 19.2 Å². The summed E-state index contributed by atoms with van der Waals surface area (Å²) in [5, 5.41) is 9.89. The third-order valence-corrected chi connectivity index (χ3v) is 0.603. The van der Waals surface area contributed by atoms with E-state index < -0.39 is 12.0 Å². The van der Waals surface area contributed by atoms with E-state index in [0.29, 0.717) is 4.48 Å². The van der Waals surface area contributed by atoms with Gasteiger partial charge >= 0.3 is 6.03 Å². The highest BCUT2D eigenvalue weighted by Crippen LogP contribution is 1.84. The van der Waals surface area contributed by atoms with Crippen LogP contribution in [0, 0.1) is 0 Å². The smallest absolute Gasteiger partial charge is 0.309 e. The van der Waals surface area contributed by atoms with Crippen molar-refractivity contribution in [2.45, 2.75) is 0 Å². The zero-order valence-electron chi connectivity index (χ0n) is 7.53. The maximum atomic E-state index is 9.89. The number of urea groups is 1. The Balaban J connectivity index is 0. The number of rotatable bonds is 2. The summed E-state index contributed by atoms with van der Waals surface area (Å²) in [5.74, 6) is -1.00. The number of primary amides is 2. The molecule has 0 saturated carbocycles. The minimum absolute atomic E-state index is 0.0694. The van der Waals surface area contributed by atoms with Crippen molar-refractivity contribution in [3.05, 3.63) is 0 Å². The molecule has 0 aliphatic carbocycles. The van der Waals surface area contributed by atoms with Gasteiger partial charge in [0.15, 0.2) is 0 Å². The molecule has 4 N–H and O–H groups in total. The highest BCUT2D eigenvalue weighted by molar-refractivity contribution is 5.69. The first-order valence-electron chi connectivity index (χ1n) is 3.20. The number of amides is 2. The lowest BCUT2D eigenvalue weighted by atomic mass is 10.5. The van der Waals surface area contributed by atoms with Crippen molar-refractivity contribution in [1.82, 2.24) is 0 Å². The molecule has 0 aliphatic rings. The number of carboxylic acids is 1. The lowest BCUT2D eigenvalue weighted by molar-refractivity contribution is -0.864. The number of hydrogen-bond acceptors (Lipinski definition) is 3. The average molecular weight is 177 g/mol. The summed E-state index contributed by atoms with van der Waals surface area (Å²) in [6.07, 6.45) is 0. The fourth-order valence-corrected chi connectivity index (χ4v) is 0.387. The van der Waals surface area contributed by atoms with Crippen LogP contribution in [0.3, 0.4) is 0 Å². The molecule has 2 amide bonds. The quantitative estimate of drug-likeness (QED) is 0.454. The molecule has 0 atom stereocenters. The largest absolute Gasteiger partial charge is 0.544 e. The number of carbonyl (C=O) groups is 2. The normalized spacial score (nSPS) is 9.58. The second kappa shape index (κ2) is 5.36. The lowest BCUT2D eigenvalue weighted by Gasteiger charge is -2.23. The van der Waals surface area contributed by atoms with Crippen molar-refractivity contribution in [2.75, 3.05) is 27.7 Å². The van der Waals surface area contributed by atoms with Crippen LogP contribution in [0.25, 0.3) is 0 Å². The highest BCUT2D eigenvalue weighted by Gasteiger charge is 2.04. The fourth-order valence-electron chi connectivity index (χ4n) is 0.387. The van der Waals surface area contributed by atoms with Gasteiger partial charge in [-0.3, -0.25) is 0 Å². The monoisotopic (exact) mass is 177 g/mol.